The number of hydrogen-bond donors (Lipinski definition) is 1. The van der Waals surface area contributed by atoms with Gasteiger partial charge in [0.1, 0.15) is 11.9 Å². The molecule has 0 fully saturated rings. The minimum absolute atomic E-state index is 0.141. The second-order valence-electron chi connectivity index (χ2n) is 9.61. The maximum Gasteiger partial charge on any atom is 0.351 e. The SMILES string of the molecule is CC(=O)Nc1ccn([C@H]2C=C[C@@H](CO[Si](c3ccccc3)(c3ccccc3)C(C)(C)C)O2)c(=O)n1. The van der Waals surface area contributed by atoms with Crippen LogP contribution in [0.15, 0.2) is 89.9 Å². The molecule has 182 valence electrons. The van der Waals surface area contributed by atoms with Crippen molar-refractivity contribution in [2.75, 3.05) is 11.9 Å². The summed E-state index contributed by atoms with van der Waals surface area (Å²) in [6.07, 6.45) is 4.43. The lowest BCUT2D eigenvalue weighted by Crippen LogP contribution is -2.67. The summed E-state index contributed by atoms with van der Waals surface area (Å²) in [5, 5.41) is 4.78. The minimum atomic E-state index is -2.69. The van der Waals surface area contributed by atoms with Crippen LogP contribution < -0.4 is 21.4 Å². The van der Waals surface area contributed by atoms with Gasteiger partial charge in [0.25, 0.3) is 8.32 Å². The molecule has 1 N–H and O–H groups in total. The Morgan fingerprint density at radius 1 is 1.03 bits per heavy atom. The van der Waals surface area contributed by atoms with Crippen LogP contribution in [0.4, 0.5) is 5.82 Å². The van der Waals surface area contributed by atoms with Crippen molar-refractivity contribution in [1.29, 1.82) is 0 Å². The van der Waals surface area contributed by atoms with Gasteiger partial charge in [0, 0.05) is 13.1 Å². The zero-order valence-electron chi connectivity index (χ0n) is 20.5. The average Bonchev–Trinajstić information content (AvgIpc) is 3.28. The molecule has 1 amide bonds. The molecule has 8 heteroatoms. The normalized spacial score (nSPS) is 17.9. The van der Waals surface area contributed by atoms with Gasteiger partial charge in [0.2, 0.25) is 5.91 Å². The Bertz CT molecular complexity index is 1210. The van der Waals surface area contributed by atoms with Crippen molar-refractivity contribution in [2.45, 2.75) is 45.1 Å². The fourth-order valence-corrected chi connectivity index (χ4v) is 9.14. The number of rotatable bonds is 7. The van der Waals surface area contributed by atoms with Gasteiger partial charge in [0.05, 0.1) is 6.61 Å². The van der Waals surface area contributed by atoms with Crippen molar-refractivity contribution in [1.82, 2.24) is 9.55 Å². The Morgan fingerprint density at radius 2 is 1.63 bits per heavy atom. The van der Waals surface area contributed by atoms with Crippen molar-refractivity contribution in [3.8, 4) is 0 Å². The topological polar surface area (TPSA) is 82.5 Å². The molecule has 7 nitrogen and oxygen atoms in total. The van der Waals surface area contributed by atoms with Gasteiger partial charge in [-0.2, -0.15) is 4.98 Å². The molecule has 0 spiro atoms. The average molecular weight is 490 g/mol. The zero-order valence-corrected chi connectivity index (χ0v) is 21.5. The van der Waals surface area contributed by atoms with E-state index in [-0.39, 0.29) is 22.9 Å². The van der Waals surface area contributed by atoms with Gasteiger partial charge in [-0.25, -0.2) is 4.79 Å². The van der Waals surface area contributed by atoms with Gasteiger partial charge in [-0.1, -0.05) is 87.5 Å². The van der Waals surface area contributed by atoms with E-state index in [9.17, 15) is 9.59 Å². The number of ether oxygens (including phenoxy) is 1. The van der Waals surface area contributed by atoms with Gasteiger partial charge in [-0.15, -0.1) is 0 Å². The summed E-state index contributed by atoms with van der Waals surface area (Å²) >= 11 is 0. The maximum absolute atomic E-state index is 12.5. The van der Waals surface area contributed by atoms with Crippen LogP contribution in [0.1, 0.15) is 33.9 Å². The smallest absolute Gasteiger partial charge is 0.351 e. The summed E-state index contributed by atoms with van der Waals surface area (Å²) in [5.41, 5.74) is -0.501. The molecule has 2 heterocycles. The lowest BCUT2D eigenvalue weighted by Gasteiger charge is -2.43. The molecule has 0 radical (unpaired) electrons. The Kier molecular flexibility index (Phi) is 7.16. The van der Waals surface area contributed by atoms with Crippen molar-refractivity contribution in [3.63, 3.8) is 0 Å². The Hall–Kier alpha value is -3.33. The van der Waals surface area contributed by atoms with Crippen molar-refractivity contribution in [2.24, 2.45) is 0 Å². The first-order valence-electron chi connectivity index (χ1n) is 11.7. The number of benzene rings is 2. The number of aromatic nitrogens is 2. The lowest BCUT2D eigenvalue weighted by molar-refractivity contribution is -0.114. The van der Waals surface area contributed by atoms with Crippen LogP contribution in [-0.4, -0.2) is 36.5 Å². The van der Waals surface area contributed by atoms with Gasteiger partial charge in [-0.05, 0) is 27.6 Å². The molecule has 0 bridgehead atoms. The van der Waals surface area contributed by atoms with Crippen LogP contribution >= 0.6 is 0 Å². The first-order chi connectivity index (χ1) is 16.7. The van der Waals surface area contributed by atoms with E-state index in [2.05, 4.69) is 79.6 Å². The molecule has 1 aliphatic heterocycles. The fraction of sp³-hybridized carbons (Fsp3) is 0.296. The number of carbonyl (C=O) groups excluding carboxylic acids is 1. The van der Waals surface area contributed by atoms with Crippen molar-refractivity contribution in [3.05, 3.63) is 95.6 Å². The summed E-state index contributed by atoms with van der Waals surface area (Å²) in [7, 11) is -2.69. The number of hydrogen-bond acceptors (Lipinski definition) is 5. The van der Waals surface area contributed by atoms with Crippen LogP contribution in [-0.2, 0) is 14.0 Å². The largest absolute Gasteiger partial charge is 0.404 e. The molecule has 35 heavy (non-hydrogen) atoms. The molecule has 3 aromatic rings. The highest BCUT2D eigenvalue weighted by molar-refractivity contribution is 6.99. The van der Waals surface area contributed by atoms with E-state index in [0.717, 1.165) is 0 Å². The van der Waals surface area contributed by atoms with E-state index in [4.69, 9.17) is 9.16 Å². The number of amides is 1. The molecular formula is C27H31N3O4Si. The predicted octanol–water partition coefficient (Wildman–Crippen LogP) is 3.23. The highest BCUT2D eigenvalue weighted by atomic mass is 28.4. The molecule has 4 rings (SSSR count). The summed E-state index contributed by atoms with van der Waals surface area (Å²) in [6.45, 7) is 8.42. The van der Waals surface area contributed by atoms with Gasteiger partial charge in [0.15, 0.2) is 6.23 Å². The summed E-state index contributed by atoms with van der Waals surface area (Å²) < 4.78 is 14.5. The second kappa shape index (κ2) is 10.1. The summed E-state index contributed by atoms with van der Waals surface area (Å²) in [5.74, 6) is -0.0699. The third-order valence-corrected chi connectivity index (χ3v) is 11.1. The molecule has 1 aliphatic rings. The lowest BCUT2D eigenvalue weighted by atomic mass is 10.2. The molecule has 0 saturated carbocycles. The quantitative estimate of drug-likeness (QED) is 0.407. The van der Waals surface area contributed by atoms with Crippen LogP contribution in [0, 0.1) is 0 Å². The first-order valence-corrected chi connectivity index (χ1v) is 13.6. The summed E-state index contributed by atoms with van der Waals surface area (Å²) in [6, 6.07) is 22.5. The standard InChI is InChI=1S/C27H31N3O4Si/c1-20(31)28-24-17-18-30(26(32)29-24)25-16-15-21(34-25)19-33-35(27(2,3)4,22-11-7-5-8-12-22)23-13-9-6-10-14-23/h5-18,21,25H,19H2,1-4H3,(H,28,29,31,32)/t21-,25+/m0/s1. The predicted molar refractivity (Wildman–Crippen MR) is 139 cm³/mol. The van der Waals surface area contributed by atoms with Gasteiger partial charge in [-0.3, -0.25) is 9.36 Å². The Morgan fingerprint density at radius 3 is 2.14 bits per heavy atom. The van der Waals surface area contributed by atoms with E-state index in [0.29, 0.717) is 6.61 Å². The van der Waals surface area contributed by atoms with Crippen molar-refractivity contribution >= 4 is 30.4 Å². The monoisotopic (exact) mass is 489 g/mol. The molecule has 0 aliphatic carbocycles. The van der Waals surface area contributed by atoms with Crippen LogP contribution in [0.5, 0.6) is 0 Å². The minimum Gasteiger partial charge on any atom is -0.404 e. The van der Waals surface area contributed by atoms with Crippen molar-refractivity contribution < 1.29 is 14.0 Å². The summed E-state index contributed by atoms with van der Waals surface area (Å²) in [4.78, 5) is 27.6. The molecule has 0 unspecified atom stereocenters. The molecular weight excluding hydrogens is 458 g/mol. The van der Waals surface area contributed by atoms with Gasteiger partial charge < -0.3 is 14.5 Å². The number of carbonyl (C=O) groups is 1. The van der Waals surface area contributed by atoms with E-state index in [1.165, 1.54) is 21.9 Å². The Labute approximate surface area is 206 Å². The maximum atomic E-state index is 12.5. The van der Waals surface area contributed by atoms with E-state index < -0.39 is 20.2 Å². The molecule has 1 aromatic heterocycles. The first kappa shape index (κ1) is 24.8. The Balaban J connectivity index is 1.57. The molecule has 2 atom stereocenters. The fourth-order valence-electron chi connectivity index (χ4n) is 4.57. The van der Waals surface area contributed by atoms with Gasteiger partial charge >= 0.3 is 5.69 Å². The van der Waals surface area contributed by atoms with Crippen LogP contribution in [0.25, 0.3) is 0 Å². The van der Waals surface area contributed by atoms with E-state index in [1.54, 1.807) is 12.3 Å². The molecule has 2 aromatic carbocycles. The van der Waals surface area contributed by atoms with Crippen LogP contribution in [0.3, 0.4) is 0 Å². The third-order valence-electron chi connectivity index (χ3n) is 6.09. The number of nitrogens with zero attached hydrogens (tertiary/aromatic N) is 2. The van der Waals surface area contributed by atoms with E-state index in [1.807, 2.05) is 24.3 Å². The zero-order chi connectivity index (χ0) is 25.1. The third kappa shape index (κ3) is 5.19. The molecule has 0 saturated heterocycles. The second-order valence-corrected chi connectivity index (χ2v) is 13.9. The number of anilines is 1. The number of nitrogens with one attached hydrogen (secondary N) is 1. The van der Waals surface area contributed by atoms with E-state index >= 15 is 0 Å². The highest BCUT2D eigenvalue weighted by Gasteiger charge is 2.50. The highest BCUT2D eigenvalue weighted by Crippen LogP contribution is 2.37. The van der Waals surface area contributed by atoms with Crippen LogP contribution in [0.2, 0.25) is 5.04 Å².